The van der Waals surface area contributed by atoms with Gasteiger partial charge in [0.2, 0.25) is 0 Å². The topological polar surface area (TPSA) is 103 Å². The minimum atomic E-state index is 0. The van der Waals surface area contributed by atoms with Crippen LogP contribution >= 0.6 is 0 Å². The molecule has 10 heterocycles. The molecule has 4 aliphatic rings. The van der Waals surface area contributed by atoms with E-state index in [0.29, 0.717) is 6.04 Å². The van der Waals surface area contributed by atoms with Gasteiger partial charge in [0, 0.05) is 152 Å². The van der Waals surface area contributed by atoms with Gasteiger partial charge < -0.3 is 39.2 Å². The number of rotatable bonds is 9. The standard InChI is InChI=1S/C24H17N3.C19H17N3.2C18H14N4.4Ir/c1-4-10-19(11-5-1)22-16-17-25-24-23(22)26(20-12-6-2-7-13-20)18-27(24)21-14-8-3-9-15-21;1-14(2)21-13-22(16-9-4-3-5-10-16)19-18(21)17-11-7-6-8-15(17)12-20-19;1-14-7-5-11-19-17(14)22-13-21(15-8-3-2-4-9-15)18-16(22)10-6-12-20-18;1-14-12-19-11-9-16(14)22-13-21(15-6-3-2-4-7-15)18-17(22)8-5-10-20-18;;;;/h1-14,16-18H;3-9,11-14H,1-2H3;2-8,10-13H,1H3;2-6,8-13H,1H3;;;;/q4*-2;;;;. The Bertz CT molecular complexity index is 4530. The van der Waals surface area contributed by atoms with Crippen LogP contribution in [0, 0.1) is 64.8 Å². The summed E-state index contributed by atoms with van der Waals surface area (Å²) in [4.78, 5) is 44.2. The molecule has 0 bridgehead atoms. The molecule has 0 N–H and O–H groups in total. The van der Waals surface area contributed by atoms with Crippen LogP contribution in [0.2, 0.25) is 0 Å². The average molecular weight is 1980 g/mol. The van der Waals surface area contributed by atoms with Crippen molar-refractivity contribution in [2.24, 2.45) is 0 Å². The molecule has 0 fully saturated rings. The van der Waals surface area contributed by atoms with Crippen LogP contribution in [0.1, 0.15) is 25.0 Å². The second-order valence-corrected chi connectivity index (χ2v) is 22.3. The first kappa shape index (κ1) is 70.5. The van der Waals surface area contributed by atoms with Gasteiger partial charge in [0.15, 0.2) is 0 Å². The van der Waals surface area contributed by atoms with Crippen LogP contribution < -0.4 is 39.2 Å². The normalized spacial score (nSPS) is 12.8. The Morgan fingerprint density at radius 3 is 1.37 bits per heavy atom. The van der Waals surface area contributed by atoms with Gasteiger partial charge in [-0.05, 0) is 105 Å². The largest absolute Gasteiger partial charge is 0.497 e. The summed E-state index contributed by atoms with van der Waals surface area (Å²) in [5.74, 6) is 4.57. The molecule has 0 amide bonds. The van der Waals surface area contributed by atoms with Crippen molar-refractivity contribution < 1.29 is 80.4 Å². The van der Waals surface area contributed by atoms with Crippen LogP contribution in [0.4, 0.5) is 86.0 Å². The predicted molar refractivity (Wildman–Crippen MR) is 375 cm³/mol. The van der Waals surface area contributed by atoms with Crippen molar-refractivity contribution in [3.05, 3.63) is 336 Å². The third kappa shape index (κ3) is 14.8. The SMILES string of the molecule is CC(C)N1[CH-]N(c2[c-]cccc2)c2ncc3ccccc3c21.Cc1cccnc1N1[CH-]N(c2[c-]cccc2)c2ncccc21.Cc1cnccc1N1[CH-]N(c2[c-]cccc2)c2ncccc21.[Ir].[Ir].[Ir].[Ir].[c-]1ccccc1N1[CH-]N(c2ccccc2)c2c(-c3ccccc3)ccnc21. The number of para-hydroxylation sites is 5. The molecule has 0 aliphatic carbocycles. The zero-order chi connectivity index (χ0) is 63.0. The van der Waals surface area contributed by atoms with Gasteiger partial charge in [0.1, 0.15) is 29.1 Å². The number of pyridine rings is 6. The van der Waals surface area contributed by atoms with E-state index in [0.717, 1.165) is 97.0 Å². The minimum absolute atomic E-state index is 0. The first-order valence-electron chi connectivity index (χ1n) is 30.7. The summed E-state index contributed by atoms with van der Waals surface area (Å²) in [5, 5.41) is 2.40. The number of hydrogen-bond acceptors (Lipinski definition) is 14. The molecule has 97 heavy (non-hydrogen) atoms. The first-order chi connectivity index (χ1) is 45.9. The van der Waals surface area contributed by atoms with Crippen LogP contribution in [-0.4, -0.2) is 35.9 Å². The fourth-order valence-corrected chi connectivity index (χ4v) is 11.6. The number of fused-ring (bicyclic) bond motifs is 6. The Kier molecular flexibility index (Phi) is 23.7. The van der Waals surface area contributed by atoms with E-state index in [9.17, 15) is 0 Å². The Morgan fingerprint density at radius 1 is 0.340 bits per heavy atom. The van der Waals surface area contributed by atoms with Gasteiger partial charge in [-0.25, -0.2) is 24.9 Å². The third-order valence-electron chi connectivity index (χ3n) is 16.0. The molecule has 13 aromatic rings. The molecular weight excluding hydrogens is 1910 g/mol. The van der Waals surface area contributed by atoms with E-state index in [1.807, 2.05) is 183 Å². The zero-order valence-corrected chi connectivity index (χ0v) is 62.5. The van der Waals surface area contributed by atoms with Crippen molar-refractivity contribution in [1.29, 1.82) is 0 Å². The Morgan fingerprint density at radius 2 is 0.814 bits per heavy atom. The van der Waals surface area contributed by atoms with E-state index in [1.54, 1.807) is 6.20 Å². The van der Waals surface area contributed by atoms with Crippen molar-refractivity contribution in [1.82, 2.24) is 29.9 Å². The molecular formula is C79H62Ir4N14-8. The predicted octanol–water partition coefficient (Wildman–Crippen LogP) is 18.5. The summed E-state index contributed by atoms with van der Waals surface area (Å²) in [6, 6.07) is 90.5. The van der Waals surface area contributed by atoms with Gasteiger partial charge in [-0.2, -0.15) is 121 Å². The number of nitrogens with zero attached hydrogens (tertiary/aromatic N) is 14. The number of aromatic nitrogens is 6. The Hall–Kier alpha value is -9.30. The van der Waals surface area contributed by atoms with Crippen LogP contribution in [0.25, 0.3) is 21.9 Å². The summed E-state index contributed by atoms with van der Waals surface area (Å²) in [7, 11) is 0. The van der Waals surface area contributed by atoms with Crippen LogP contribution in [0.15, 0.2) is 274 Å². The maximum atomic E-state index is 4.71. The van der Waals surface area contributed by atoms with Crippen molar-refractivity contribution >= 4 is 96.7 Å². The summed E-state index contributed by atoms with van der Waals surface area (Å²) in [5.41, 5.74) is 15.0. The molecule has 7 aromatic carbocycles. The second kappa shape index (κ2) is 32.6. The summed E-state index contributed by atoms with van der Waals surface area (Å²) in [6.45, 7) is 16.8. The van der Waals surface area contributed by atoms with Gasteiger partial charge in [0.05, 0.1) is 22.7 Å². The maximum Gasteiger partial charge on any atom is 0.125 e. The molecule has 0 saturated heterocycles. The minimum Gasteiger partial charge on any atom is -0.497 e. The molecule has 0 saturated carbocycles. The van der Waals surface area contributed by atoms with E-state index in [2.05, 4.69) is 223 Å². The number of hydrogen-bond donors (Lipinski definition) is 0. The molecule has 14 nitrogen and oxygen atoms in total. The first-order valence-corrected chi connectivity index (χ1v) is 30.7. The summed E-state index contributed by atoms with van der Waals surface area (Å²) >= 11 is 0. The molecule has 18 heteroatoms. The fraction of sp³-hybridized carbons (Fsp3) is 0.0633. The molecule has 0 atom stereocenters. The monoisotopic (exact) mass is 1980 g/mol. The van der Waals surface area contributed by atoms with Crippen molar-refractivity contribution in [3.63, 3.8) is 0 Å². The molecule has 4 radical (unpaired) electrons. The summed E-state index contributed by atoms with van der Waals surface area (Å²) < 4.78 is 0. The van der Waals surface area contributed by atoms with Crippen molar-refractivity contribution in [2.45, 2.75) is 33.7 Å². The zero-order valence-electron chi connectivity index (χ0n) is 53.0. The summed E-state index contributed by atoms with van der Waals surface area (Å²) in [6.07, 6.45) is 12.9. The molecule has 0 spiro atoms. The van der Waals surface area contributed by atoms with Gasteiger partial charge in [-0.15, -0.1) is 49.4 Å². The van der Waals surface area contributed by atoms with E-state index in [-0.39, 0.29) is 80.4 Å². The van der Waals surface area contributed by atoms with Crippen LogP contribution in [-0.2, 0) is 80.4 Å². The van der Waals surface area contributed by atoms with E-state index < -0.39 is 0 Å². The number of aryl methyl sites for hydroxylation is 2. The second-order valence-electron chi connectivity index (χ2n) is 22.3. The molecule has 6 aromatic heterocycles. The van der Waals surface area contributed by atoms with Gasteiger partial charge >= 0.3 is 0 Å². The molecule has 0 unspecified atom stereocenters. The fourth-order valence-electron chi connectivity index (χ4n) is 11.6. The number of anilines is 15. The van der Waals surface area contributed by atoms with Crippen molar-refractivity contribution in [2.75, 3.05) is 39.2 Å². The maximum absolute atomic E-state index is 4.71. The van der Waals surface area contributed by atoms with E-state index in [1.165, 1.54) is 22.0 Å². The van der Waals surface area contributed by atoms with Crippen molar-refractivity contribution in [3.8, 4) is 11.1 Å². The van der Waals surface area contributed by atoms with Gasteiger partial charge in [0.25, 0.3) is 0 Å². The molecule has 17 rings (SSSR count). The smallest absolute Gasteiger partial charge is 0.125 e. The van der Waals surface area contributed by atoms with Gasteiger partial charge in [-0.3, -0.25) is 4.98 Å². The van der Waals surface area contributed by atoms with E-state index in [4.69, 9.17) is 9.97 Å². The molecule has 492 valence electrons. The average Bonchev–Trinajstić information content (AvgIpc) is 1.64. The molecule has 4 aliphatic heterocycles. The number of benzene rings is 7. The third-order valence-corrected chi connectivity index (χ3v) is 16.0. The van der Waals surface area contributed by atoms with Gasteiger partial charge in [-0.1, -0.05) is 78.9 Å². The quantitative estimate of drug-likeness (QED) is 0.128. The Balaban J connectivity index is 0.000000139. The van der Waals surface area contributed by atoms with Crippen LogP contribution in [0.3, 0.4) is 0 Å². The van der Waals surface area contributed by atoms with Crippen LogP contribution in [0.5, 0.6) is 0 Å². The van der Waals surface area contributed by atoms with E-state index >= 15 is 0 Å². The Labute approximate surface area is 621 Å².